The minimum Gasteiger partial charge on any atom is -0.478 e. The van der Waals surface area contributed by atoms with Crippen molar-refractivity contribution in [3.63, 3.8) is 0 Å². The Labute approximate surface area is 113 Å². The van der Waals surface area contributed by atoms with Crippen molar-refractivity contribution in [2.24, 2.45) is 0 Å². The molecule has 1 rings (SSSR count). The molecule has 0 heterocycles. The Bertz CT molecular complexity index is 458. The van der Waals surface area contributed by atoms with Gasteiger partial charge in [0.2, 0.25) is 0 Å². The topological polar surface area (TPSA) is 78.4 Å². The van der Waals surface area contributed by atoms with Crippen molar-refractivity contribution in [2.45, 2.75) is 33.1 Å². The summed E-state index contributed by atoms with van der Waals surface area (Å²) in [5.41, 5.74) is 1.56. The van der Waals surface area contributed by atoms with Gasteiger partial charge in [-0.2, -0.15) is 0 Å². The van der Waals surface area contributed by atoms with Crippen LogP contribution in [-0.4, -0.2) is 23.7 Å². The Balaban J connectivity index is 2.52. The van der Waals surface area contributed by atoms with Crippen molar-refractivity contribution >= 4 is 17.7 Å². The van der Waals surface area contributed by atoms with E-state index >= 15 is 0 Å². The molecule has 0 aromatic heterocycles. The Morgan fingerprint density at radius 2 is 2.00 bits per heavy atom. The fourth-order valence-corrected chi connectivity index (χ4v) is 1.68. The molecule has 0 radical (unpaired) electrons. The number of carboxylic acid groups (broad SMARTS) is 1. The van der Waals surface area contributed by atoms with Crippen LogP contribution in [-0.2, 0) is 0 Å². The average molecular weight is 264 g/mol. The SMILES string of the molecule is CCCCCNC(=O)Nc1ccc(C(=O)O)cc1C. The zero-order chi connectivity index (χ0) is 14.3. The van der Waals surface area contributed by atoms with Gasteiger partial charge in [0.05, 0.1) is 5.56 Å². The summed E-state index contributed by atoms with van der Waals surface area (Å²) in [5.74, 6) is -0.973. The molecule has 0 aliphatic heterocycles. The third-order valence-electron chi connectivity index (χ3n) is 2.79. The molecule has 0 fully saturated rings. The molecule has 0 saturated heterocycles. The number of hydrogen-bond acceptors (Lipinski definition) is 2. The number of amides is 2. The van der Waals surface area contributed by atoms with E-state index in [-0.39, 0.29) is 11.6 Å². The Hall–Kier alpha value is -2.04. The number of urea groups is 1. The molecule has 0 unspecified atom stereocenters. The molecule has 0 aliphatic rings. The standard InChI is InChI=1S/C14H20N2O3/c1-3-4-5-8-15-14(19)16-12-7-6-11(13(17)18)9-10(12)2/h6-7,9H,3-5,8H2,1-2H3,(H,17,18)(H2,15,16,19). The molecule has 3 N–H and O–H groups in total. The fourth-order valence-electron chi connectivity index (χ4n) is 1.68. The molecular weight excluding hydrogens is 244 g/mol. The van der Waals surface area contributed by atoms with Gasteiger partial charge >= 0.3 is 12.0 Å². The van der Waals surface area contributed by atoms with E-state index in [0.717, 1.165) is 24.8 Å². The second-order valence-electron chi connectivity index (χ2n) is 4.42. The molecule has 5 nitrogen and oxygen atoms in total. The van der Waals surface area contributed by atoms with Crippen LogP contribution in [0.4, 0.5) is 10.5 Å². The zero-order valence-electron chi connectivity index (χ0n) is 11.3. The highest BCUT2D eigenvalue weighted by atomic mass is 16.4. The highest BCUT2D eigenvalue weighted by molar-refractivity contribution is 5.92. The van der Waals surface area contributed by atoms with E-state index in [0.29, 0.717) is 12.2 Å². The van der Waals surface area contributed by atoms with Gasteiger partial charge in [0.1, 0.15) is 0 Å². The first-order valence-corrected chi connectivity index (χ1v) is 6.43. The summed E-state index contributed by atoms with van der Waals surface area (Å²) in [7, 11) is 0. The predicted molar refractivity (Wildman–Crippen MR) is 74.7 cm³/mol. The molecule has 19 heavy (non-hydrogen) atoms. The highest BCUT2D eigenvalue weighted by Crippen LogP contribution is 2.16. The van der Waals surface area contributed by atoms with Gasteiger partial charge in [0.25, 0.3) is 0 Å². The summed E-state index contributed by atoms with van der Waals surface area (Å²) >= 11 is 0. The van der Waals surface area contributed by atoms with Crippen LogP contribution >= 0.6 is 0 Å². The third kappa shape index (κ3) is 4.99. The number of carboxylic acids is 1. The van der Waals surface area contributed by atoms with Crippen LogP contribution in [0.1, 0.15) is 42.1 Å². The maximum atomic E-state index is 11.6. The highest BCUT2D eigenvalue weighted by Gasteiger charge is 2.07. The minimum absolute atomic E-state index is 0.214. The van der Waals surface area contributed by atoms with Crippen LogP contribution in [0.3, 0.4) is 0 Å². The van der Waals surface area contributed by atoms with Gasteiger partial charge in [-0.1, -0.05) is 19.8 Å². The van der Waals surface area contributed by atoms with Gasteiger partial charge < -0.3 is 15.7 Å². The second kappa shape index (κ2) is 7.41. The molecule has 0 saturated carbocycles. The summed E-state index contributed by atoms with van der Waals surface area (Å²) in [6.45, 7) is 4.51. The maximum absolute atomic E-state index is 11.6. The normalized spacial score (nSPS) is 10.0. The first kappa shape index (κ1) is 15.0. The largest absolute Gasteiger partial charge is 0.478 e. The average Bonchev–Trinajstić information content (AvgIpc) is 2.37. The van der Waals surface area contributed by atoms with Crippen LogP contribution in [0.5, 0.6) is 0 Å². The van der Waals surface area contributed by atoms with E-state index in [1.54, 1.807) is 13.0 Å². The van der Waals surface area contributed by atoms with Crippen molar-refractivity contribution in [1.82, 2.24) is 5.32 Å². The number of benzene rings is 1. The molecule has 0 aliphatic carbocycles. The maximum Gasteiger partial charge on any atom is 0.335 e. The summed E-state index contributed by atoms with van der Waals surface area (Å²) in [5, 5.41) is 14.3. The number of rotatable bonds is 6. The van der Waals surface area contributed by atoms with E-state index in [1.807, 2.05) is 0 Å². The Kier molecular flexibility index (Phi) is 5.85. The Morgan fingerprint density at radius 1 is 1.26 bits per heavy atom. The number of carbonyl (C=O) groups excluding carboxylic acids is 1. The lowest BCUT2D eigenvalue weighted by Crippen LogP contribution is -2.29. The van der Waals surface area contributed by atoms with Gasteiger partial charge in [0.15, 0.2) is 0 Å². The lowest BCUT2D eigenvalue weighted by molar-refractivity contribution is 0.0697. The monoisotopic (exact) mass is 264 g/mol. The summed E-state index contributed by atoms with van der Waals surface area (Å²) in [4.78, 5) is 22.4. The molecule has 0 atom stereocenters. The number of hydrogen-bond donors (Lipinski definition) is 3. The lowest BCUT2D eigenvalue weighted by Gasteiger charge is -2.10. The Morgan fingerprint density at radius 3 is 2.58 bits per heavy atom. The minimum atomic E-state index is -0.973. The summed E-state index contributed by atoms with van der Waals surface area (Å²) in [6, 6.07) is 4.35. The van der Waals surface area contributed by atoms with E-state index in [9.17, 15) is 9.59 Å². The first-order chi connectivity index (χ1) is 9.04. The smallest absolute Gasteiger partial charge is 0.335 e. The van der Waals surface area contributed by atoms with E-state index in [2.05, 4.69) is 17.6 Å². The molecule has 1 aromatic carbocycles. The summed E-state index contributed by atoms with van der Waals surface area (Å²) < 4.78 is 0. The van der Waals surface area contributed by atoms with Crippen LogP contribution in [0.15, 0.2) is 18.2 Å². The first-order valence-electron chi connectivity index (χ1n) is 6.43. The quantitative estimate of drug-likeness (QED) is 0.691. The van der Waals surface area contributed by atoms with Crippen LogP contribution in [0, 0.1) is 6.92 Å². The number of carbonyl (C=O) groups is 2. The number of unbranched alkanes of at least 4 members (excludes halogenated alkanes) is 2. The molecule has 104 valence electrons. The van der Waals surface area contributed by atoms with Crippen molar-refractivity contribution in [2.75, 3.05) is 11.9 Å². The van der Waals surface area contributed by atoms with E-state index in [1.165, 1.54) is 12.1 Å². The van der Waals surface area contributed by atoms with Crippen LogP contribution in [0.25, 0.3) is 0 Å². The van der Waals surface area contributed by atoms with Gasteiger partial charge in [-0.05, 0) is 37.1 Å². The van der Waals surface area contributed by atoms with Gasteiger partial charge in [-0.3, -0.25) is 0 Å². The molecule has 2 amide bonds. The van der Waals surface area contributed by atoms with E-state index in [4.69, 9.17) is 5.11 Å². The zero-order valence-corrected chi connectivity index (χ0v) is 11.3. The van der Waals surface area contributed by atoms with Crippen LogP contribution < -0.4 is 10.6 Å². The molecule has 1 aromatic rings. The molecule has 0 spiro atoms. The lowest BCUT2D eigenvalue weighted by atomic mass is 10.1. The predicted octanol–water partition coefficient (Wildman–Crippen LogP) is 3.00. The third-order valence-corrected chi connectivity index (χ3v) is 2.79. The molecular formula is C14H20N2O3. The fraction of sp³-hybridized carbons (Fsp3) is 0.429. The van der Waals surface area contributed by atoms with Gasteiger partial charge in [-0.25, -0.2) is 9.59 Å². The van der Waals surface area contributed by atoms with Crippen molar-refractivity contribution < 1.29 is 14.7 Å². The second-order valence-corrected chi connectivity index (χ2v) is 4.42. The number of nitrogens with one attached hydrogen (secondary N) is 2. The van der Waals surface area contributed by atoms with Gasteiger partial charge in [0, 0.05) is 12.2 Å². The summed E-state index contributed by atoms with van der Waals surface area (Å²) in [6.07, 6.45) is 3.16. The van der Waals surface area contributed by atoms with E-state index < -0.39 is 5.97 Å². The van der Waals surface area contributed by atoms with Crippen molar-refractivity contribution in [1.29, 1.82) is 0 Å². The molecule has 5 heteroatoms. The number of anilines is 1. The van der Waals surface area contributed by atoms with Crippen LogP contribution in [0.2, 0.25) is 0 Å². The van der Waals surface area contributed by atoms with Crippen molar-refractivity contribution in [3.8, 4) is 0 Å². The molecule has 0 bridgehead atoms. The van der Waals surface area contributed by atoms with Crippen molar-refractivity contribution in [3.05, 3.63) is 29.3 Å². The number of aryl methyl sites for hydroxylation is 1. The van der Waals surface area contributed by atoms with Gasteiger partial charge in [-0.15, -0.1) is 0 Å². The number of aromatic carboxylic acids is 1.